The van der Waals surface area contributed by atoms with Gasteiger partial charge in [0, 0.05) is 30.5 Å². The Bertz CT molecular complexity index is 1250. The molecule has 1 aliphatic heterocycles. The van der Waals surface area contributed by atoms with E-state index in [-0.39, 0.29) is 0 Å². The lowest BCUT2D eigenvalue weighted by Gasteiger charge is -2.20. The maximum atomic E-state index is 4.97. The molecule has 6 heteroatoms. The summed E-state index contributed by atoms with van der Waals surface area (Å²) in [6, 6.07) is 20.4. The van der Waals surface area contributed by atoms with Crippen molar-refractivity contribution in [2.24, 2.45) is 10.1 Å². The first-order valence-electron chi connectivity index (χ1n) is 10.2. The Morgan fingerprint density at radius 2 is 1.70 bits per heavy atom. The van der Waals surface area contributed by atoms with Crippen LogP contribution in [0.3, 0.4) is 0 Å². The highest BCUT2D eigenvalue weighted by molar-refractivity contribution is 6.54. The Balaban J connectivity index is 1.63. The quantitative estimate of drug-likeness (QED) is 0.494. The number of imidazole rings is 1. The van der Waals surface area contributed by atoms with Crippen molar-refractivity contribution < 1.29 is 0 Å². The summed E-state index contributed by atoms with van der Waals surface area (Å²) in [4.78, 5) is 16.2. The van der Waals surface area contributed by atoms with Crippen molar-refractivity contribution in [3.05, 3.63) is 84.4 Å². The number of hydrogen-bond acceptors (Lipinski definition) is 5. The molecule has 0 saturated heterocycles. The van der Waals surface area contributed by atoms with Crippen LogP contribution in [0.1, 0.15) is 25.2 Å². The van der Waals surface area contributed by atoms with Gasteiger partial charge in [-0.05, 0) is 44.2 Å². The minimum absolute atomic E-state index is 0.740. The maximum Gasteiger partial charge on any atom is 0.183 e. The molecule has 2 aromatic heterocycles. The SMILES string of the molecule is CCN(CC)c1ccc(N=C2C(c3ccccc3)=Nn3c2nc2cnccc23)cc1. The molecule has 0 amide bonds. The third-order valence-electron chi connectivity index (χ3n) is 5.34. The molecule has 2 aromatic carbocycles. The highest BCUT2D eigenvalue weighted by atomic mass is 15.4. The van der Waals surface area contributed by atoms with Crippen LogP contribution in [-0.2, 0) is 0 Å². The van der Waals surface area contributed by atoms with Crippen LogP contribution >= 0.6 is 0 Å². The van der Waals surface area contributed by atoms with E-state index in [9.17, 15) is 0 Å². The Labute approximate surface area is 175 Å². The molecule has 6 nitrogen and oxygen atoms in total. The molecular formula is C24H22N6. The molecule has 0 spiro atoms. The van der Waals surface area contributed by atoms with E-state index in [1.54, 1.807) is 12.4 Å². The molecule has 30 heavy (non-hydrogen) atoms. The number of aromatic nitrogens is 3. The zero-order valence-electron chi connectivity index (χ0n) is 17.0. The molecule has 0 aliphatic carbocycles. The monoisotopic (exact) mass is 394 g/mol. The van der Waals surface area contributed by atoms with E-state index < -0.39 is 0 Å². The molecular weight excluding hydrogens is 372 g/mol. The standard InChI is InChI=1S/C24H22N6/c1-3-29(4-2)19-12-10-18(11-13-19)26-23-22(17-8-6-5-7-9-17)28-30-21-14-15-25-16-20(21)27-24(23)30/h5-16H,3-4H2,1-2H3. The van der Waals surface area contributed by atoms with Gasteiger partial charge in [0.15, 0.2) is 5.82 Å². The topological polar surface area (TPSA) is 58.7 Å². The summed E-state index contributed by atoms with van der Waals surface area (Å²) >= 11 is 0. The van der Waals surface area contributed by atoms with Crippen molar-refractivity contribution in [1.82, 2.24) is 14.6 Å². The predicted molar refractivity (Wildman–Crippen MR) is 122 cm³/mol. The average molecular weight is 394 g/mol. The van der Waals surface area contributed by atoms with Crippen LogP contribution in [0.25, 0.3) is 11.0 Å². The van der Waals surface area contributed by atoms with E-state index in [1.165, 1.54) is 5.69 Å². The molecule has 4 aromatic rings. The number of benzene rings is 2. The summed E-state index contributed by atoms with van der Waals surface area (Å²) in [5.41, 5.74) is 6.43. The highest BCUT2D eigenvalue weighted by Gasteiger charge is 2.28. The average Bonchev–Trinajstić information content (AvgIpc) is 3.33. The first-order chi connectivity index (χ1) is 14.8. The van der Waals surface area contributed by atoms with Gasteiger partial charge >= 0.3 is 0 Å². The summed E-state index contributed by atoms with van der Waals surface area (Å²) < 4.78 is 1.86. The number of nitrogens with zero attached hydrogens (tertiary/aromatic N) is 6. The van der Waals surface area contributed by atoms with Gasteiger partial charge in [0.2, 0.25) is 0 Å². The van der Waals surface area contributed by atoms with Gasteiger partial charge in [0.25, 0.3) is 0 Å². The molecule has 1 aliphatic rings. The van der Waals surface area contributed by atoms with Crippen LogP contribution < -0.4 is 4.90 Å². The minimum atomic E-state index is 0.740. The third-order valence-corrected chi connectivity index (χ3v) is 5.34. The third kappa shape index (κ3) is 3.06. The molecule has 5 rings (SSSR count). The second-order valence-corrected chi connectivity index (χ2v) is 7.08. The van der Waals surface area contributed by atoms with Crippen LogP contribution in [0, 0.1) is 0 Å². The maximum absolute atomic E-state index is 4.97. The Morgan fingerprint density at radius 3 is 2.43 bits per heavy atom. The minimum Gasteiger partial charge on any atom is -0.372 e. The smallest absolute Gasteiger partial charge is 0.183 e. The lowest BCUT2D eigenvalue weighted by atomic mass is 10.1. The van der Waals surface area contributed by atoms with E-state index in [4.69, 9.17) is 15.1 Å². The number of aliphatic imine (C=N–C) groups is 1. The molecule has 0 N–H and O–H groups in total. The fourth-order valence-electron chi connectivity index (χ4n) is 3.78. The molecule has 0 radical (unpaired) electrons. The number of hydrogen-bond donors (Lipinski definition) is 0. The summed E-state index contributed by atoms with van der Waals surface area (Å²) in [5, 5.41) is 4.86. The molecule has 0 atom stereocenters. The molecule has 0 saturated carbocycles. The summed E-state index contributed by atoms with van der Waals surface area (Å²) in [7, 11) is 0. The number of pyridine rings is 1. The first kappa shape index (κ1) is 18.2. The Hall–Kier alpha value is -3.80. The zero-order valence-corrected chi connectivity index (χ0v) is 17.0. The molecule has 0 unspecified atom stereocenters. The molecule has 148 valence electrons. The second-order valence-electron chi connectivity index (χ2n) is 7.08. The van der Waals surface area contributed by atoms with Crippen molar-refractivity contribution in [2.75, 3.05) is 18.0 Å². The Morgan fingerprint density at radius 1 is 0.933 bits per heavy atom. The van der Waals surface area contributed by atoms with E-state index in [0.717, 1.165) is 52.6 Å². The van der Waals surface area contributed by atoms with Crippen LogP contribution in [-0.4, -0.2) is 39.2 Å². The van der Waals surface area contributed by atoms with Gasteiger partial charge in [-0.3, -0.25) is 4.98 Å². The van der Waals surface area contributed by atoms with Crippen molar-refractivity contribution in [3.63, 3.8) is 0 Å². The van der Waals surface area contributed by atoms with Crippen LogP contribution in [0.4, 0.5) is 11.4 Å². The van der Waals surface area contributed by atoms with Gasteiger partial charge in [-0.15, -0.1) is 0 Å². The Kier molecular flexibility index (Phi) is 4.59. The van der Waals surface area contributed by atoms with Gasteiger partial charge < -0.3 is 4.90 Å². The number of anilines is 1. The van der Waals surface area contributed by atoms with E-state index in [0.29, 0.717) is 0 Å². The van der Waals surface area contributed by atoms with Gasteiger partial charge in [0.05, 0.1) is 17.4 Å². The normalized spacial score (nSPS) is 14.2. The largest absolute Gasteiger partial charge is 0.372 e. The summed E-state index contributed by atoms with van der Waals surface area (Å²) in [6.45, 7) is 6.29. The highest BCUT2D eigenvalue weighted by Crippen LogP contribution is 2.26. The lowest BCUT2D eigenvalue weighted by Crippen LogP contribution is -2.21. The van der Waals surface area contributed by atoms with Gasteiger partial charge in [-0.1, -0.05) is 30.3 Å². The molecule has 0 fully saturated rings. The summed E-state index contributed by atoms with van der Waals surface area (Å²) in [6.07, 6.45) is 3.52. The van der Waals surface area contributed by atoms with Crippen molar-refractivity contribution in [3.8, 4) is 0 Å². The zero-order chi connectivity index (χ0) is 20.5. The second kappa shape index (κ2) is 7.55. The van der Waals surface area contributed by atoms with E-state index in [2.05, 4.69) is 48.0 Å². The fourth-order valence-corrected chi connectivity index (χ4v) is 3.78. The van der Waals surface area contributed by atoms with Crippen molar-refractivity contribution >= 4 is 33.8 Å². The first-order valence-corrected chi connectivity index (χ1v) is 10.2. The van der Waals surface area contributed by atoms with Crippen molar-refractivity contribution in [2.45, 2.75) is 13.8 Å². The van der Waals surface area contributed by atoms with E-state index in [1.807, 2.05) is 41.1 Å². The predicted octanol–water partition coefficient (Wildman–Crippen LogP) is 4.66. The van der Waals surface area contributed by atoms with Crippen LogP contribution in [0.15, 0.2) is 83.2 Å². The van der Waals surface area contributed by atoms with Gasteiger partial charge in [-0.25, -0.2) is 14.7 Å². The number of rotatable bonds is 5. The van der Waals surface area contributed by atoms with Gasteiger partial charge in [0.1, 0.15) is 16.9 Å². The van der Waals surface area contributed by atoms with Crippen LogP contribution in [0.2, 0.25) is 0 Å². The van der Waals surface area contributed by atoms with E-state index >= 15 is 0 Å². The lowest BCUT2D eigenvalue weighted by molar-refractivity contribution is 0.866. The van der Waals surface area contributed by atoms with Crippen molar-refractivity contribution in [1.29, 1.82) is 0 Å². The van der Waals surface area contributed by atoms with Gasteiger partial charge in [-0.2, -0.15) is 5.10 Å². The van der Waals surface area contributed by atoms with Crippen LogP contribution in [0.5, 0.6) is 0 Å². The fraction of sp³-hybridized carbons (Fsp3) is 0.167. The summed E-state index contributed by atoms with van der Waals surface area (Å²) in [5.74, 6) is 0.740. The molecule has 0 bridgehead atoms. The molecule has 3 heterocycles. The number of fused-ring (bicyclic) bond motifs is 3.